The van der Waals surface area contributed by atoms with Crippen molar-refractivity contribution in [3.8, 4) is 11.3 Å². The standard InChI is InChI=1S/C19H26FN5/c1-2-14(20)12-22-19-23-13-16(17-10-6-7-11-21-17)18(25-19)24-15-8-4-3-5-9-15/h6-7,10-11,13-15H,2-5,8-9,12H2,1H3,(H2,22,23,24,25). The van der Waals surface area contributed by atoms with E-state index in [1.54, 1.807) is 12.4 Å². The number of pyridine rings is 1. The number of halogens is 1. The molecule has 1 atom stereocenters. The van der Waals surface area contributed by atoms with Gasteiger partial charge < -0.3 is 10.6 Å². The first-order chi connectivity index (χ1) is 12.3. The van der Waals surface area contributed by atoms with Gasteiger partial charge in [-0.15, -0.1) is 0 Å². The third-order valence-electron chi connectivity index (χ3n) is 4.60. The van der Waals surface area contributed by atoms with E-state index in [0.717, 1.165) is 29.9 Å². The summed E-state index contributed by atoms with van der Waals surface area (Å²) in [5, 5.41) is 6.56. The maximum absolute atomic E-state index is 13.5. The Hall–Kier alpha value is -2.24. The van der Waals surface area contributed by atoms with Gasteiger partial charge in [-0.25, -0.2) is 9.37 Å². The minimum Gasteiger partial charge on any atom is -0.367 e. The molecule has 1 unspecified atom stereocenters. The maximum Gasteiger partial charge on any atom is 0.224 e. The van der Waals surface area contributed by atoms with E-state index in [4.69, 9.17) is 0 Å². The molecule has 5 nitrogen and oxygen atoms in total. The fourth-order valence-corrected chi connectivity index (χ4v) is 3.07. The van der Waals surface area contributed by atoms with Gasteiger partial charge in [-0.2, -0.15) is 4.98 Å². The van der Waals surface area contributed by atoms with Crippen LogP contribution in [-0.4, -0.2) is 33.7 Å². The third kappa shape index (κ3) is 4.87. The van der Waals surface area contributed by atoms with E-state index in [-0.39, 0.29) is 6.54 Å². The molecule has 0 bridgehead atoms. The van der Waals surface area contributed by atoms with Gasteiger partial charge in [0.25, 0.3) is 0 Å². The third-order valence-corrected chi connectivity index (χ3v) is 4.60. The number of rotatable bonds is 7. The summed E-state index contributed by atoms with van der Waals surface area (Å²) in [6.07, 6.45) is 9.20. The summed E-state index contributed by atoms with van der Waals surface area (Å²) in [5.41, 5.74) is 1.72. The average Bonchev–Trinajstić information content (AvgIpc) is 2.67. The number of alkyl halides is 1. The summed E-state index contributed by atoms with van der Waals surface area (Å²) in [6.45, 7) is 2.05. The molecule has 1 aliphatic rings. The Morgan fingerprint density at radius 1 is 1.20 bits per heavy atom. The van der Waals surface area contributed by atoms with E-state index in [9.17, 15) is 4.39 Å². The molecule has 2 heterocycles. The van der Waals surface area contributed by atoms with Crippen LogP contribution in [0.4, 0.5) is 16.2 Å². The van der Waals surface area contributed by atoms with E-state index in [0.29, 0.717) is 18.4 Å². The predicted molar refractivity (Wildman–Crippen MR) is 99.4 cm³/mol. The number of hydrogen-bond donors (Lipinski definition) is 2. The highest BCUT2D eigenvalue weighted by molar-refractivity contribution is 5.72. The zero-order valence-electron chi connectivity index (χ0n) is 14.7. The van der Waals surface area contributed by atoms with Crippen LogP contribution >= 0.6 is 0 Å². The fourth-order valence-electron chi connectivity index (χ4n) is 3.07. The number of anilines is 2. The zero-order valence-corrected chi connectivity index (χ0v) is 14.7. The molecule has 1 fully saturated rings. The molecule has 134 valence electrons. The Morgan fingerprint density at radius 2 is 2.04 bits per heavy atom. The van der Waals surface area contributed by atoms with E-state index in [1.165, 1.54) is 19.3 Å². The molecule has 2 aromatic rings. The maximum atomic E-state index is 13.5. The normalized spacial score (nSPS) is 16.4. The molecule has 0 amide bonds. The molecule has 2 N–H and O–H groups in total. The molecule has 0 saturated heterocycles. The fraction of sp³-hybridized carbons (Fsp3) is 0.526. The lowest BCUT2D eigenvalue weighted by Gasteiger charge is -2.24. The van der Waals surface area contributed by atoms with Crippen LogP contribution < -0.4 is 10.6 Å². The van der Waals surface area contributed by atoms with E-state index in [2.05, 4.69) is 25.6 Å². The highest BCUT2D eigenvalue weighted by Crippen LogP contribution is 2.28. The van der Waals surface area contributed by atoms with Crippen LogP contribution in [0, 0.1) is 0 Å². The van der Waals surface area contributed by atoms with Gasteiger partial charge >= 0.3 is 0 Å². The quantitative estimate of drug-likeness (QED) is 0.778. The summed E-state index contributed by atoms with van der Waals surface area (Å²) >= 11 is 0. The minimum atomic E-state index is -0.895. The summed E-state index contributed by atoms with van der Waals surface area (Å²) < 4.78 is 13.5. The molecule has 0 aliphatic heterocycles. The molecule has 3 rings (SSSR count). The predicted octanol–water partition coefficient (Wildman–Crippen LogP) is 4.44. The molecular weight excluding hydrogens is 317 g/mol. The van der Waals surface area contributed by atoms with Crippen molar-refractivity contribution < 1.29 is 4.39 Å². The number of nitrogens with one attached hydrogen (secondary N) is 2. The van der Waals surface area contributed by atoms with Gasteiger partial charge in [0, 0.05) is 25.0 Å². The van der Waals surface area contributed by atoms with Gasteiger partial charge in [-0.1, -0.05) is 32.3 Å². The Labute approximate surface area is 148 Å². The van der Waals surface area contributed by atoms with Crippen molar-refractivity contribution in [2.24, 2.45) is 0 Å². The lowest BCUT2D eigenvalue weighted by Crippen LogP contribution is -2.24. The monoisotopic (exact) mass is 343 g/mol. The van der Waals surface area contributed by atoms with Gasteiger partial charge in [0.15, 0.2) is 0 Å². The second kappa shape index (κ2) is 8.74. The van der Waals surface area contributed by atoms with E-state index in [1.807, 2.05) is 25.1 Å². The van der Waals surface area contributed by atoms with Crippen LogP contribution in [0.15, 0.2) is 30.6 Å². The summed E-state index contributed by atoms with van der Waals surface area (Å²) in [5.74, 6) is 1.23. The molecule has 1 saturated carbocycles. The molecule has 25 heavy (non-hydrogen) atoms. The van der Waals surface area contributed by atoms with Gasteiger partial charge in [0.05, 0.1) is 11.3 Å². The summed E-state index contributed by atoms with van der Waals surface area (Å²) in [7, 11) is 0. The second-order valence-corrected chi connectivity index (χ2v) is 6.54. The smallest absolute Gasteiger partial charge is 0.224 e. The Kier molecular flexibility index (Phi) is 6.14. The first-order valence-corrected chi connectivity index (χ1v) is 9.19. The molecule has 6 heteroatoms. The molecular formula is C19H26FN5. The van der Waals surface area contributed by atoms with Gasteiger partial charge in [-0.3, -0.25) is 4.98 Å². The molecule has 2 aromatic heterocycles. The van der Waals surface area contributed by atoms with Crippen LogP contribution in [0.1, 0.15) is 45.4 Å². The van der Waals surface area contributed by atoms with Crippen LogP contribution in [0.5, 0.6) is 0 Å². The molecule has 1 aliphatic carbocycles. The minimum absolute atomic E-state index is 0.225. The largest absolute Gasteiger partial charge is 0.367 e. The van der Waals surface area contributed by atoms with Crippen LogP contribution in [0.3, 0.4) is 0 Å². The van der Waals surface area contributed by atoms with Crippen LogP contribution in [0.2, 0.25) is 0 Å². The Balaban J connectivity index is 1.83. The lowest BCUT2D eigenvalue weighted by atomic mass is 9.95. The van der Waals surface area contributed by atoms with Crippen molar-refractivity contribution in [2.75, 3.05) is 17.2 Å². The van der Waals surface area contributed by atoms with Gasteiger partial charge in [-0.05, 0) is 31.4 Å². The van der Waals surface area contributed by atoms with E-state index >= 15 is 0 Å². The van der Waals surface area contributed by atoms with E-state index < -0.39 is 6.17 Å². The topological polar surface area (TPSA) is 62.7 Å². The van der Waals surface area contributed by atoms with Crippen molar-refractivity contribution >= 4 is 11.8 Å². The Bertz CT molecular complexity index is 658. The Morgan fingerprint density at radius 3 is 2.76 bits per heavy atom. The number of aromatic nitrogens is 3. The van der Waals surface area contributed by atoms with Crippen molar-refractivity contribution in [1.82, 2.24) is 15.0 Å². The summed E-state index contributed by atoms with van der Waals surface area (Å²) in [4.78, 5) is 13.4. The summed E-state index contributed by atoms with van der Waals surface area (Å²) in [6, 6.07) is 6.21. The SMILES string of the molecule is CCC(F)CNc1ncc(-c2ccccn2)c(NC2CCCCC2)n1. The number of nitrogens with zero attached hydrogens (tertiary/aromatic N) is 3. The first kappa shape index (κ1) is 17.6. The van der Waals surface area contributed by atoms with Crippen molar-refractivity contribution in [3.05, 3.63) is 30.6 Å². The highest BCUT2D eigenvalue weighted by Gasteiger charge is 2.17. The first-order valence-electron chi connectivity index (χ1n) is 9.19. The van der Waals surface area contributed by atoms with Crippen molar-refractivity contribution in [1.29, 1.82) is 0 Å². The zero-order chi connectivity index (χ0) is 17.5. The average molecular weight is 343 g/mol. The van der Waals surface area contributed by atoms with Crippen LogP contribution in [0.25, 0.3) is 11.3 Å². The number of hydrogen-bond acceptors (Lipinski definition) is 5. The van der Waals surface area contributed by atoms with Crippen molar-refractivity contribution in [2.45, 2.75) is 57.7 Å². The second-order valence-electron chi connectivity index (χ2n) is 6.54. The highest BCUT2D eigenvalue weighted by atomic mass is 19.1. The lowest BCUT2D eigenvalue weighted by molar-refractivity contribution is 0.340. The van der Waals surface area contributed by atoms with Crippen LogP contribution in [-0.2, 0) is 0 Å². The van der Waals surface area contributed by atoms with Crippen molar-refractivity contribution in [3.63, 3.8) is 0 Å². The molecule has 0 spiro atoms. The molecule has 0 radical (unpaired) electrons. The molecule has 0 aromatic carbocycles. The van der Waals surface area contributed by atoms with Gasteiger partial charge in [0.1, 0.15) is 12.0 Å². The van der Waals surface area contributed by atoms with Gasteiger partial charge in [0.2, 0.25) is 5.95 Å².